The van der Waals surface area contributed by atoms with Crippen molar-refractivity contribution in [3.05, 3.63) is 40.2 Å². The van der Waals surface area contributed by atoms with Gasteiger partial charge in [-0.2, -0.15) is 0 Å². The maximum Gasteiger partial charge on any atom is 0.254 e. The number of hydrogen-bond donors (Lipinski definition) is 0. The summed E-state index contributed by atoms with van der Waals surface area (Å²) in [6, 6.07) is 7.24. The second-order valence-electron chi connectivity index (χ2n) is 6.59. The highest BCUT2D eigenvalue weighted by atomic mass is 16.5. The number of ether oxygens (including phenoxy) is 4. The van der Waals surface area contributed by atoms with Crippen LogP contribution in [0.2, 0.25) is 0 Å². The second kappa shape index (κ2) is 7.03. The monoisotopic (exact) mass is 357 g/mol. The Bertz CT molecular complexity index is 867. The molecule has 0 bridgehead atoms. The van der Waals surface area contributed by atoms with Crippen LogP contribution in [0.15, 0.2) is 29.1 Å². The molecule has 0 radical (unpaired) electrons. The summed E-state index contributed by atoms with van der Waals surface area (Å²) in [5, 5.41) is 0. The summed E-state index contributed by atoms with van der Waals surface area (Å²) >= 11 is 0. The third kappa shape index (κ3) is 2.94. The van der Waals surface area contributed by atoms with E-state index in [2.05, 4.69) is 0 Å². The lowest BCUT2D eigenvalue weighted by Gasteiger charge is -2.25. The van der Waals surface area contributed by atoms with Crippen LogP contribution < -0.4 is 19.8 Å². The Hall–Kier alpha value is -2.47. The van der Waals surface area contributed by atoms with Crippen LogP contribution in [0.4, 0.5) is 0 Å². The third-order valence-corrected chi connectivity index (χ3v) is 5.07. The fourth-order valence-corrected chi connectivity index (χ4v) is 3.78. The Morgan fingerprint density at radius 1 is 1.19 bits per heavy atom. The fourth-order valence-electron chi connectivity index (χ4n) is 3.78. The summed E-state index contributed by atoms with van der Waals surface area (Å²) in [4.78, 5) is 12.6. The predicted molar refractivity (Wildman–Crippen MR) is 97.4 cm³/mol. The normalized spacial score (nSPS) is 18.2. The highest BCUT2D eigenvalue weighted by Gasteiger charge is 2.25. The van der Waals surface area contributed by atoms with E-state index in [4.69, 9.17) is 18.9 Å². The summed E-state index contributed by atoms with van der Waals surface area (Å²) in [6.07, 6.45) is 2.89. The van der Waals surface area contributed by atoms with Gasteiger partial charge in [-0.1, -0.05) is 0 Å². The first kappa shape index (κ1) is 17.0. The van der Waals surface area contributed by atoms with Gasteiger partial charge in [-0.15, -0.1) is 0 Å². The number of benzene rings is 1. The smallest absolute Gasteiger partial charge is 0.254 e. The molecule has 0 amide bonds. The first-order valence-electron chi connectivity index (χ1n) is 8.94. The molecule has 6 nitrogen and oxygen atoms in total. The minimum absolute atomic E-state index is 0.0691. The van der Waals surface area contributed by atoms with E-state index < -0.39 is 0 Å². The number of hydrogen-bond acceptors (Lipinski definition) is 5. The molecule has 0 saturated carbocycles. The van der Waals surface area contributed by atoms with E-state index >= 15 is 0 Å². The maximum atomic E-state index is 12.6. The largest absolute Gasteiger partial charge is 0.496 e. The molecule has 26 heavy (non-hydrogen) atoms. The van der Waals surface area contributed by atoms with Gasteiger partial charge in [-0.05, 0) is 31.4 Å². The van der Waals surface area contributed by atoms with Crippen LogP contribution in [-0.4, -0.2) is 38.1 Å². The first-order valence-corrected chi connectivity index (χ1v) is 8.94. The molecule has 138 valence electrons. The molecular weight excluding hydrogens is 334 g/mol. The van der Waals surface area contributed by atoms with E-state index in [0.717, 1.165) is 54.2 Å². The summed E-state index contributed by atoms with van der Waals surface area (Å²) in [5.74, 6) is 2.10. The molecule has 1 saturated heterocycles. The van der Waals surface area contributed by atoms with Crippen LogP contribution in [0.5, 0.6) is 17.2 Å². The van der Waals surface area contributed by atoms with Crippen LogP contribution in [0, 0.1) is 0 Å². The van der Waals surface area contributed by atoms with E-state index in [1.807, 2.05) is 18.2 Å². The number of aromatic nitrogens is 1. The van der Waals surface area contributed by atoms with Gasteiger partial charge in [0.15, 0.2) is 0 Å². The first-order chi connectivity index (χ1) is 12.7. The zero-order valence-electron chi connectivity index (χ0n) is 15.1. The lowest BCUT2D eigenvalue weighted by atomic mass is 9.95. The third-order valence-electron chi connectivity index (χ3n) is 5.07. The number of fused-ring (bicyclic) bond motifs is 3. The average molecular weight is 357 g/mol. The number of nitrogens with zero attached hydrogens (tertiary/aromatic N) is 1. The Morgan fingerprint density at radius 3 is 2.73 bits per heavy atom. The van der Waals surface area contributed by atoms with Crippen molar-refractivity contribution in [2.75, 3.05) is 27.4 Å². The van der Waals surface area contributed by atoms with Gasteiger partial charge >= 0.3 is 0 Å². The molecule has 1 atom stereocenters. The fraction of sp³-hybridized carbons (Fsp3) is 0.450. The minimum atomic E-state index is -0.0691. The SMILES string of the molecule is COc1ccc(OC)c2c1CCn1c-2cc(OCC2CCCO2)cc1=O. The van der Waals surface area contributed by atoms with E-state index in [-0.39, 0.29) is 11.7 Å². The highest BCUT2D eigenvalue weighted by molar-refractivity contribution is 5.76. The zero-order valence-corrected chi connectivity index (χ0v) is 15.1. The van der Waals surface area contributed by atoms with Crippen molar-refractivity contribution in [1.82, 2.24) is 4.57 Å². The molecule has 2 aliphatic rings. The van der Waals surface area contributed by atoms with Gasteiger partial charge in [0, 0.05) is 36.4 Å². The molecule has 1 aromatic heterocycles. The topological polar surface area (TPSA) is 58.9 Å². The molecule has 3 heterocycles. The molecule has 0 N–H and O–H groups in total. The van der Waals surface area contributed by atoms with Crippen molar-refractivity contribution in [2.45, 2.75) is 31.9 Å². The van der Waals surface area contributed by atoms with E-state index in [1.165, 1.54) is 0 Å². The molecular formula is C20H23NO5. The minimum Gasteiger partial charge on any atom is -0.496 e. The van der Waals surface area contributed by atoms with Crippen LogP contribution >= 0.6 is 0 Å². The van der Waals surface area contributed by atoms with E-state index in [0.29, 0.717) is 18.9 Å². The van der Waals surface area contributed by atoms with Crippen LogP contribution in [0.25, 0.3) is 11.3 Å². The van der Waals surface area contributed by atoms with Crippen molar-refractivity contribution in [3.8, 4) is 28.5 Å². The van der Waals surface area contributed by atoms with Gasteiger partial charge in [0.1, 0.15) is 23.9 Å². The molecule has 1 unspecified atom stereocenters. The van der Waals surface area contributed by atoms with Gasteiger partial charge in [-0.25, -0.2) is 0 Å². The molecule has 4 rings (SSSR count). The summed E-state index contributed by atoms with van der Waals surface area (Å²) in [7, 11) is 3.29. The van der Waals surface area contributed by atoms with E-state index in [1.54, 1.807) is 24.9 Å². The van der Waals surface area contributed by atoms with Gasteiger partial charge in [-0.3, -0.25) is 4.79 Å². The average Bonchev–Trinajstić information content (AvgIpc) is 3.18. The Kier molecular flexibility index (Phi) is 4.59. The Labute approximate surface area is 152 Å². The van der Waals surface area contributed by atoms with Crippen molar-refractivity contribution in [3.63, 3.8) is 0 Å². The van der Waals surface area contributed by atoms with Crippen molar-refractivity contribution >= 4 is 0 Å². The van der Waals surface area contributed by atoms with Crippen molar-refractivity contribution < 1.29 is 18.9 Å². The van der Waals surface area contributed by atoms with Gasteiger partial charge in [0.2, 0.25) is 0 Å². The number of pyridine rings is 1. The molecule has 6 heteroatoms. The lowest BCUT2D eigenvalue weighted by Crippen LogP contribution is -2.26. The zero-order chi connectivity index (χ0) is 18.1. The van der Waals surface area contributed by atoms with Crippen LogP contribution in [0.1, 0.15) is 18.4 Å². The molecule has 2 aromatic rings. The predicted octanol–water partition coefficient (Wildman–Crippen LogP) is 2.65. The molecule has 0 aliphatic carbocycles. The van der Waals surface area contributed by atoms with E-state index in [9.17, 15) is 4.79 Å². The number of rotatable bonds is 5. The quantitative estimate of drug-likeness (QED) is 0.823. The Morgan fingerprint density at radius 2 is 2.00 bits per heavy atom. The maximum absolute atomic E-state index is 12.6. The summed E-state index contributed by atoms with van der Waals surface area (Å²) in [6.45, 7) is 1.85. The summed E-state index contributed by atoms with van der Waals surface area (Å²) in [5.41, 5.74) is 2.69. The van der Waals surface area contributed by atoms with Crippen molar-refractivity contribution in [1.29, 1.82) is 0 Å². The summed E-state index contributed by atoms with van der Waals surface area (Å²) < 4.78 is 24.3. The molecule has 2 aliphatic heterocycles. The molecule has 0 spiro atoms. The van der Waals surface area contributed by atoms with Gasteiger partial charge in [0.25, 0.3) is 5.56 Å². The van der Waals surface area contributed by atoms with Crippen LogP contribution in [0.3, 0.4) is 0 Å². The highest BCUT2D eigenvalue weighted by Crippen LogP contribution is 2.41. The standard InChI is InChI=1S/C20H23NO5/c1-23-17-5-6-18(24-2)20-15(17)7-8-21-16(20)10-14(11-19(21)22)26-12-13-4-3-9-25-13/h5-6,10-11,13H,3-4,7-9,12H2,1-2H3. The van der Waals surface area contributed by atoms with Crippen LogP contribution in [-0.2, 0) is 17.7 Å². The van der Waals surface area contributed by atoms with Gasteiger partial charge < -0.3 is 23.5 Å². The van der Waals surface area contributed by atoms with Gasteiger partial charge in [0.05, 0.1) is 26.0 Å². The van der Waals surface area contributed by atoms with Crippen molar-refractivity contribution in [2.24, 2.45) is 0 Å². The molecule has 1 fully saturated rings. The Balaban J connectivity index is 1.75. The lowest BCUT2D eigenvalue weighted by molar-refractivity contribution is 0.0679. The number of methoxy groups -OCH3 is 2. The molecule has 1 aromatic carbocycles. The second-order valence-corrected chi connectivity index (χ2v) is 6.59.